The van der Waals surface area contributed by atoms with Gasteiger partial charge in [0.05, 0.1) is 11.4 Å². The number of ether oxygens (including phenoxy) is 2. The van der Waals surface area contributed by atoms with Gasteiger partial charge < -0.3 is 9.47 Å². The number of nitrogens with zero attached hydrogens (tertiary/aromatic N) is 2. The van der Waals surface area contributed by atoms with Crippen LogP contribution in [-0.2, 0) is 14.3 Å². The molecule has 0 unspecified atom stereocenters. The molecule has 56 heavy (non-hydrogen) atoms. The number of hydrogen-bond donors (Lipinski definition) is 0. The van der Waals surface area contributed by atoms with Gasteiger partial charge in [-0.1, -0.05) is 116 Å². The van der Waals surface area contributed by atoms with Crippen molar-refractivity contribution >= 4 is 23.3 Å². The molecule has 2 aromatic carbocycles. The van der Waals surface area contributed by atoms with Crippen LogP contribution in [0.4, 0.5) is 11.4 Å². The molecule has 6 heteroatoms. The Bertz CT molecular complexity index is 1620. The van der Waals surface area contributed by atoms with Gasteiger partial charge in [-0.25, -0.2) is 0 Å². The second-order valence-electron chi connectivity index (χ2n) is 19.1. The van der Waals surface area contributed by atoms with E-state index in [2.05, 4.69) is 50.9 Å². The predicted octanol–water partition coefficient (Wildman–Crippen LogP) is 14.5. The second-order valence-corrected chi connectivity index (χ2v) is 19.1. The molecule has 0 aromatic heterocycles. The van der Waals surface area contributed by atoms with E-state index in [4.69, 9.17) is 9.47 Å². The molecule has 0 aliphatic heterocycles. The van der Waals surface area contributed by atoms with Gasteiger partial charge in [-0.15, -0.1) is 0 Å². The fourth-order valence-corrected chi connectivity index (χ4v) is 11.8. The van der Waals surface area contributed by atoms with Crippen LogP contribution in [0.5, 0.6) is 5.75 Å². The molecular formula is C50H72N2O4. The lowest BCUT2D eigenvalue weighted by molar-refractivity contribution is -0.151. The number of allylic oxidation sites excluding steroid dienone is 1. The third kappa shape index (κ3) is 10.8. The van der Waals surface area contributed by atoms with Gasteiger partial charge in [-0.2, -0.15) is 10.2 Å². The van der Waals surface area contributed by atoms with Crippen LogP contribution in [0.3, 0.4) is 0 Å². The first-order chi connectivity index (χ1) is 27.0. The van der Waals surface area contributed by atoms with E-state index in [1.54, 1.807) is 29.8 Å². The van der Waals surface area contributed by atoms with Gasteiger partial charge in [0, 0.05) is 19.3 Å². The molecule has 3 fully saturated rings. The van der Waals surface area contributed by atoms with Crippen molar-refractivity contribution in [2.45, 2.75) is 169 Å². The average Bonchev–Trinajstić information content (AvgIpc) is 3.54. The molecular weight excluding hydrogens is 693 g/mol. The maximum Gasteiger partial charge on any atom is 0.311 e. The summed E-state index contributed by atoms with van der Waals surface area (Å²) in [5.41, 5.74) is 3.92. The molecule has 0 radical (unpaired) electrons. The summed E-state index contributed by atoms with van der Waals surface area (Å²) in [6.07, 6.45) is 25.0. The average molecular weight is 765 g/mol. The Kier molecular flexibility index (Phi) is 15.1. The van der Waals surface area contributed by atoms with Crippen LogP contribution in [0, 0.1) is 46.3 Å². The molecule has 4 aliphatic carbocycles. The Morgan fingerprint density at radius 3 is 2.07 bits per heavy atom. The number of azo groups is 1. The Balaban J connectivity index is 0.823. The summed E-state index contributed by atoms with van der Waals surface area (Å²) in [6, 6.07) is 16.7. The van der Waals surface area contributed by atoms with Crippen LogP contribution in [0.15, 0.2) is 76.5 Å². The summed E-state index contributed by atoms with van der Waals surface area (Å²) in [5.74, 6) is 5.41. The van der Waals surface area contributed by atoms with Gasteiger partial charge in [0.25, 0.3) is 0 Å². The van der Waals surface area contributed by atoms with Crippen molar-refractivity contribution in [3.63, 3.8) is 0 Å². The van der Waals surface area contributed by atoms with Gasteiger partial charge in [0.2, 0.25) is 0 Å². The quantitative estimate of drug-likeness (QED) is 0.0469. The second kappa shape index (κ2) is 19.9. The van der Waals surface area contributed by atoms with E-state index in [9.17, 15) is 9.59 Å². The van der Waals surface area contributed by atoms with Gasteiger partial charge in [0.15, 0.2) is 0 Å². The number of hydrogen-bond acceptors (Lipinski definition) is 6. The smallest absolute Gasteiger partial charge is 0.311 e. The van der Waals surface area contributed by atoms with Crippen LogP contribution in [0.2, 0.25) is 0 Å². The van der Waals surface area contributed by atoms with E-state index in [0.29, 0.717) is 29.7 Å². The van der Waals surface area contributed by atoms with Crippen molar-refractivity contribution in [1.29, 1.82) is 0 Å². The number of fused-ring (bicyclic) bond motifs is 5. The van der Waals surface area contributed by atoms with Gasteiger partial charge in [0.1, 0.15) is 11.9 Å². The summed E-state index contributed by atoms with van der Waals surface area (Å²) in [5, 5.41) is 8.44. The highest BCUT2D eigenvalue weighted by Crippen LogP contribution is 2.67. The molecule has 0 bridgehead atoms. The maximum atomic E-state index is 12.9. The normalized spacial score (nSPS) is 29.0. The van der Waals surface area contributed by atoms with Crippen molar-refractivity contribution in [2.75, 3.05) is 0 Å². The maximum absolute atomic E-state index is 12.9. The summed E-state index contributed by atoms with van der Waals surface area (Å²) in [7, 11) is 0. The summed E-state index contributed by atoms with van der Waals surface area (Å²) in [6.45, 7) is 12.6. The van der Waals surface area contributed by atoms with Crippen molar-refractivity contribution in [3.8, 4) is 5.75 Å². The Morgan fingerprint density at radius 2 is 1.38 bits per heavy atom. The number of benzene rings is 2. The third-order valence-corrected chi connectivity index (χ3v) is 14.9. The highest BCUT2D eigenvalue weighted by Gasteiger charge is 2.59. The molecule has 0 saturated heterocycles. The largest absolute Gasteiger partial charge is 0.462 e. The molecule has 6 nitrogen and oxygen atoms in total. The van der Waals surface area contributed by atoms with Crippen molar-refractivity contribution < 1.29 is 19.1 Å². The highest BCUT2D eigenvalue weighted by atomic mass is 16.5. The fourth-order valence-electron chi connectivity index (χ4n) is 11.8. The first-order valence-electron chi connectivity index (χ1n) is 22.7. The van der Waals surface area contributed by atoms with E-state index in [1.807, 2.05) is 30.3 Å². The number of carbonyl (C=O) groups is 2. The minimum atomic E-state index is -0.203. The van der Waals surface area contributed by atoms with Gasteiger partial charge in [-0.3, -0.25) is 9.59 Å². The van der Waals surface area contributed by atoms with Crippen LogP contribution < -0.4 is 4.74 Å². The lowest BCUT2D eigenvalue weighted by atomic mass is 9.47. The van der Waals surface area contributed by atoms with E-state index < -0.39 is 0 Å². The van der Waals surface area contributed by atoms with Crippen LogP contribution >= 0.6 is 0 Å². The lowest BCUT2D eigenvalue weighted by Gasteiger charge is -2.58. The first-order valence-corrected chi connectivity index (χ1v) is 22.7. The molecule has 306 valence electrons. The Hall–Kier alpha value is -3.28. The molecule has 4 aliphatic rings. The summed E-state index contributed by atoms with van der Waals surface area (Å²) >= 11 is 0. The topological polar surface area (TPSA) is 77.3 Å². The molecule has 2 aromatic rings. The molecule has 8 atom stereocenters. The molecule has 0 heterocycles. The monoisotopic (exact) mass is 765 g/mol. The molecule has 0 N–H and O–H groups in total. The highest BCUT2D eigenvalue weighted by molar-refractivity contribution is 5.72. The fraction of sp³-hybridized carbons (Fsp3) is 0.680. The SMILES string of the molecule is CC(C)CCC[C@@H](C)[C@H]1CC[C@H]2[C@@H]3CC=C4C[C@@H](OC(=O)CCCCCCCCCC(=O)Oc5ccc(N=Nc6ccccc6)cc5)CC[C@]4(C)[C@H]3CC[C@]12C. The number of carbonyl (C=O) groups excluding carboxylic acids is 2. The van der Waals surface area contributed by atoms with Gasteiger partial charge >= 0.3 is 11.9 Å². The molecule has 0 spiro atoms. The standard InChI is InChI=1S/C50H72N2O4/c1-36(2)17-16-18-37(3)44-29-30-45-43-28-23-38-35-42(31-33-49(38,4)46(43)32-34-50(44,45)5)56-48(54)22-15-10-8-6-7-9-14-21-47(53)55-41-26-24-40(25-27-41)52-51-39-19-12-11-13-20-39/h11-13,19-20,23-27,36-37,42-46H,6-10,14-18,21-22,28-35H2,1-5H3/t37-,42+,43+,44-,45+,46+,49+,50-/m1/s1. The van der Waals surface area contributed by atoms with Crippen LogP contribution in [0.25, 0.3) is 0 Å². The zero-order chi connectivity index (χ0) is 39.5. The third-order valence-electron chi connectivity index (χ3n) is 14.9. The molecule has 6 rings (SSSR count). The minimum absolute atomic E-state index is 0.00874. The van der Waals surface area contributed by atoms with Gasteiger partial charge in [-0.05, 0) is 141 Å². The zero-order valence-electron chi connectivity index (χ0n) is 35.5. The Morgan fingerprint density at radius 1 is 0.714 bits per heavy atom. The lowest BCUT2D eigenvalue weighted by Crippen LogP contribution is -2.51. The van der Waals surface area contributed by atoms with Crippen LogP contribution in [-0.4, -0.2) is 18.0 Å². The minimum Gasteiger partial charge on any atom is -0.462 e. The summed E-state index contributed by atoms with van der Waals surface area (Å²) in [4.78, 5) is 25.2. The number of rotatable bonds is 19. The van der Waals surface area contributed by atoms with E-state index in [-0.39, 0.29) is 23.5 Å². The van der Waals surface area contributed by atoms with E-state index in [1.165, 1.54) is 57.8 Å². The number of esters is 2. The van der Waals surface area contributed by atoms with E-state index >= 15 is 0 Å². The van der Waals surface area contributed by atoms with Crippen molar-refractivity contribution in [1.82, 2.24) is 0 Å². The predicted molar refractivity (Wildman–Crippen MR) is 227 cm³/mol. The van der Waals surface area contributed by atoms with Crippen molar-refractivity contribution in [3.05, 3.63) is 66.2 Å². The van der Waals surface area contributed by atoms with E-state index in [0.717, 1.165) is 99.0 Å². The molecule has 3 saturated carbocycles. The molecule has 0 amide bonds. The number of unbranched alkanes of at least 4 members (excludes halogenated alkanes) is 6. The van der Waals surface area contributed by atoms with Crippen molar-refractivity contribution in [2.24, 2.45) is 56.6 Å². The first kappa shape index (κ1) is 42.3. The Labute approximate surface area is 339 Å². The zero-order valence-corrected chi connectivity index (χ0v) is 35.5. The van der Waals surface area contributed by atoms with Crippen LogP contribution in [0.1, 0.15) is 163 Å². The summed E-state index contributed by atoms with van der Waals surface area (Å²) < 4.78 is 11.6.